The van der Waals surface area contributed by atoms with Gasteiger partial charge in [0.2, 0.25) is 0 Å². The van der Waals surface area contributed by atoms with E-state index in [9.17, 15) is 0 Å². The summed E-state index contributed by atoms with van der Waals surface area (Å²) in [5.41, 5.74) is 10.7. The van der Waals surface area contributed by atoms with Crippen molar-refractivity contribution < 1.29 is 4.74 Å². The van der Waals surface area contributed by atoms with E-state index in [-0.39, 0.29) is 0 Å². The van der Waals surface area contributed by atoms with E-state index in [4.69, 9.17) is 16.2 Å². The van der Waals surface area contributed by atoms with Gasteiger partial charge in [0.25, 0.3) is 0 Å². The van der Waals surface area contributed by atoms with Gasteiger partial charge < -0.3 is 20.8 Å². The van der Waals surface area contributed by atoms with Crippen LogP contribution in [0.1, 0.15) is 12.8 Å². The Balaban J connectivity index is 0.000000191. The van der Waals surface area contributed by atoms with Crippen LogP contribution in [0.3, 0.4) is 0 Å². The standard InChI is InChI=1S/C7H16N2O.C6H11N3/c8-2-1-3-9-4-6-10-7-5-9;7-2-1-4-9-5-3-8-6-9/h1-8H2;3,5-6H,1-2,4,7H2. The number of hydrogen-bond donors (Lipinski definition) is 2. The predicted octanol–water partition coefficient (Wildman–Crippen LogP) is -0.101. The van der Waals surface area contributed by atoms with E-state index in [1.54, 1.807) is 12.5 Å². The second kappa shape index (κ2) is 10.9. The Bertz CT molecular complexity index is 285. The van der Waals surface area contributed by atoms with Crippen LogP contribution in [-0.4, -0.2) is 60.4 Å². The molecule has 0 amide bonds. The van der Waals surface area contributed by atoms with Gasteiger partial charge in [-0.25, -0.2) is 4.98 Å². The van der Waals surface area contributed by atoms with E-state index in [1.165, 1.54) is 0 Å². The van der Waals surface area contributed by atoms with Gasteiger partial charge in [0.1, 0.15) is 0 Å². The Morgan fingerprint density at radius 1 is 1.05 bits per heavy atom. The van der Waals surface area contributed by atoms with Crippen LogP contribution < -0.4 is 11.5 Å². The molecule has 0 unspecified atom stereocenters. The second-order valence-electron chi connectivity index (χ2n) is 4.54. The lowest BCUT2D eigenvalue weighted by Gasteiger charge is -2.26. The Hall–Kier alpha value is -0.950. The molecule has 0 bridgehead atoms. The summed E-state index contributed by atoms with van der Waals surface area (Å²) in [4.78, 5) is 6.30. The van der Waals surface area contributed by atoms with Crippen molar-refractivity contribution in [2.45, 2.75) is 19.4 Å². The average molecular weight is 269 g/mol. The molecule has 1 aliphatic heterocycles. The Labute approximate surface area is 115 Å². The third-order valence-electron chi connectivity index (χ3n) is 2.96. The first-order valence-corrected chi connectivity index (χ1v) is 7.02. The van der Waals surface area contributed by atoms with Crippen molar-refractivity contribution in [2.75, 3.05) is 45.9 Å². The molecule has 1 aromatic rings. The van der Waals surface area contributed by atoms with Gasteiger partial charge in [0, 0.05) is 32.0 Å². The normalized spacial score (nSPS) is 15.9. The van der Waals surface area contributed by atoms with Crippen molar-refractivity contribution in [3.8, 4) is 0 Å². The van der Waals surface area contributed by atoms with Crippen LogP contribution in [0.5, 0.6) is 0 Å². The molecule has 1 aliphatic rings. The van der Waals surface area contributed by atoms with Gasteiger partial charge in [-0.2, -0.15) is 0 Å². The first-order valence-electron chi connectivity index (χ1n) is 7.02. The molecular weight excluding hydrogens is 242 g/mol. The molecular formula is C13H27N5O. The Kier molecular flexibility index (Phi) is 9.26. The summed E-state index contributed by atoms with van der Waals surface area (Å²) in [5.74, 6) is 0. The number of aryl methyl sites for hydroxylation is 1. The predicted molar refractivity (Wildman–Crippen MR) is 76.8 cm³/mol. The van der Waals surface area contributed by atoms with Gasteiger partial charge in [-0.15, -0.1) is 0 Å². The number of imidazole rings is 1. The maximum Gasteiger partial charge on any atom is 0.0945 e. The second-order valence-corrected chi connectivity index (χ2v) is 4.54. The van der Waals surface area contributed by atoms with Crippen LogP contribution in [0.25, 0.3) is 0 Å². The zero-order valence-electron chi connectivity index (χ0n) is 11.7. The summed E-state index contributed by atoms with van der Waals surface area (Å²) in [6, 6.07) is 0. The highest BCUT2D eigenvalue weighted by Crippen LogP contribution is 1.96. The molecule has 19 heavy (non-hydrogen) atoms. The van der Waals surface area contributed by atoms with Crippen molar-refractivity contribution in [3.63, 3.8) is 0 Å². The molecule has 0 spiro atoms. The molecule has 2 heterocycles. The molecule has 0 aliphatic carbocycles. The first-order chi connectivity index (χ1) is 9.36. The number of ether oxygens (including phenoxy) is 1. The molecule has 110 valence electrons. The minimum atomic E-state index is 0.748. The van der Waals surface area contributed by atoms with Gasteiger partial charge >= 0.3 is 0 Å². The lowest BCUT2D eigenvalue weighted by Crippen LogP contribution is -2.37. The van der Waals surface area contributed by atoms with E-state index in [0.29, 0.717) is 0 Å². The van der Waals surface area contributed by atoms with E-state index < -0.39 is 0 Å². The highest BCUT2D eigenvalue weighted by molar-refractivity contribution is 4.73. The number of morpholine rings is 1. The topological polar surface area (TPSA) is 82.3 Å². The highest BCUT2D eigenvalue weighted by Gasteiger charge is 2.08. The van der Waals surface area contributed by atoms with Gasteiger partial charge in [-0.05, 0) is 32.5 Å². The average Bonchev–Trinajstić information content (AvgIpc) is 2.98. The smallest absolute Gasteiger partial charge is 0.0945 e. The molecule has 6 heteroatoms. The summed E-state index contributed by atoms with van der Waals surface area (Å²) < 4.78 is 7.23. The van der Waals surface area contributed by atoms with Gasteiger partial charge in [-0.1, -0.05) is 0 Å². The molecule has 1 saturated heterocycles. The van der Waals surface area contributed by atoms with Crippen LogP contribution in [0.2, 0.25) is 0 Å². The quantitative estimate of drug-likeness (QED) is 0.753. The molecule has 1 fully saturated rings. The largest absolute Gasteiger partial charge is 0.379 e. The minimum absolute atomic E-state index is 0.748. The van der Waals surface area contributed by atoms with Crippen LogP contribution in [0.4, 0.5) is 0 Å². The Morgan fingerprint density at radius 3 is 2.32 bits per heavy atom. The molecule has 0 atom stereocenters. The summed E-state index contributed by atoms with van der Waals surface area (Å²) in [5, 5.41) is 0. The molecule has 4 N–H and O–H groups in total. The van der Waals surface area contributed by atoms with Crippen molar-refractivity contribution in [3.05, 3.63) is 18.7 Å². The SMILES string of the molecule is NCCCN1CCOCC1.NCCCn1ccnc1. The number of hydrogen-bond acceptors (Lipinski definition) is 5. The van der Waals surface area contributed by atoms with Crippen molar-refractivity contribution in [1.82, 2.24) is 14.5 Å². The van der Waals surface area contributed by atoms with Crippen LogP contribution in [0, 0.1) is 0 Å². The van der Waals surface area contributed by atoms with Crippen LogP contribution in [-0.2, 0) is 11.3 Å². The summed E-state index contributed by atoms with van der Waals surface area (Å²) in [6.07, 6.45) is 7.65. The lowest BCUT2D eigenvalue weighted by atomic mass is 10.3. The van der Waals surface area contributed by atoms with Crippen LogP contribution >= 0.6 is 0 Å². The summed E-state index contributed by atoms with van der Waals surface area (Å²) in [6.45, 7) is 7.63. The molecule has 1 aromatic heterocycles. The van der Waals surface area contributed by atoms with Gasteiger partial charge in [0.05, 0.1) is 19.5 Å². The van der Waals surface area contributed by atoms with E-state index in [0.717, 1.165) is 65.3 Å². The van der Waals surface area contributed by atoms with Crippen LogP contribution in [0.15, 0.2) is 18.7 Å². The molecule has 0 radical (unpaired) electrons. The molecule has 0 saturated carbocycles. The van der Waals surface area contributed by atoms with E-state index >= 15 is 0 Å². The number of aromatic nitrogens is 2. The summed E-state index contributed by atoms with van der Waals surface area (Å²) >= 11 is 0. The number of nitrogens with zero attached hydrogens (tertiary/aromatic N) is 3. The number of rotatable bonds is 6. The van der Waals surface area contributed by atoms with Gasteiger partial charge in [0.15, 0.2) is 0 Å². The fraction of sp³-hybridized carbons (Fsp3) is 0.769. The third-order valence-corrected chi connectivity index (χ3v) is 2.96. The van der Waals surface area contributed by atoms with Crippen molar-refractivity contribution in [1.29, 1.82) is 0 Å². The lowest BCUT2D eigenvalue weighted by molar-refractivity contribution is 0.0377. The van der Waals surface area contributed by atoms with E-state index in [2.05, 4.69) is 9.88 Å². The zero-order valence-corrected chi connectivity index (χ0v) is 11.7. The summed E-state index contributed by atoms with van der Waals surface area (Å²) in [7, 11) is 0. The third kappa shape index (κ3) is 7.94. The fourth-order valence-electron chi connectivity index (χ4n) is 1.83. The van der Waals surface area contributed by atoms with E-state index in [1.807, 2.05) is 10.8 Å². The van der Waals surface area contributed by atoms with Crippen molar-refractivity contribution in [2.24, 2.45) is 11.5 Å². The highest BCUT2D eigenvalue weighted by atomic mass is 16.5. The van der Waals surface area contributed by atoms with Crippen molar-refractivity contribution >= 4 is 0 Å². The molecule has 0 aromatic carbocycles. The maximum absolute atomic E-state index is 5.39. The monoisotopic (exact) mass is 269 g/mol. The maximum atomic E-state index is 5.39. The zero-order chi connectivity index (χ0) is 13.8. The van der Waals surface area contributed by atoms with Gasteiger partial charge in [-0.3, -0.25) is 4.90 Å². The Morgan fingerprint density at radius 2 is 1.74 bits per heavy atom. The minimum Gasteiger partial charge on any atom is -0.379 e. The molecule has 2 rings (SSSR count). The first kappa shape index (κ1) is 16.1. The number of nitrogens with two attached hydrogens (primary N) is 2. The molecule has 6 nitrogen and oxygen atoms in total. The fourth-order valence-corrected chi connectivity index (χ4v) is 1.83.